The molecule has 3 rings (SSSR count). The zero-order valence-corrected chi connectivity index (χ0v) is 15.0. The summed E-state index contributed by atoms with van der Waals surface area (Å²) >= 11 is 6.16. The standard InChI is InChI=1S/C18H24ClNO4/c1-22-12-18-7-3-9-24-16(18)6-8-20(11-18)17(21)13-4-5-15(23-2)14(19)10-13/h4-5,10,16H,3,6-9,11-12H2,1-2H3/t16-,18-/m0/s1. The molecule has 2 saturated heterocycles. The number of amides is 1. The van der Waals surface area contributed by atoms with Crippen LogP contribution in [0.5, 0.6) is 5.75 Å². The normalized spacial score (nSPS) is 26.8. The fourth-order valence-electron chi connectivity index (χ4n) is 3.94. The van der Waals surface area contributed by atoms with Crippen LogP contribution in [0.25, 0.3) is 0 Å². The van der Waals surface area contributed by atoms with Crippen molar-refractivity contribution in [2.45, 2.75) is 25.4 Å². The molecule has 0 aliphatic carbocycles. The second-order valence-corrected chi connectivity index (χ2v) is 7.03. The highest BCUT2D eigenvalue weighted by molar-refractivity contribution is 6.32. The molecule has 2 aliphatic rings. The number of piperidine rings is 1. The van der Waals surface area contributed by atoms with Crippen molar-refractivity contribution in [3.05, 3.63) is 28.8 Å². The number of halogens is 1. The van der Waals surface area contributed by atoms with Crippen LogP contribution in [0.4, 0.5) is 0 Å². The van der Waals surface area contributed by atoms with Crippen LogP contribution in [-0.4, -0.2) is 57.4 Å². The number of fused-ring (bicyclic) bond motifs is 1. The quantitative estimate of drug-likeness (QED) is 0.834. The Morgan fingerprint density at radius 3 is 3.00 bits per heavy atom. The molecular weight excluding hydrogens is 330 g/mol. The van der Waals surface area contributed by atoms with E-state index in [-0.39, 0.29) is 17.4 Å². The van der Waals surface area contributed by atoms with E-state index in [2.05, 4.69) is 0 Å². The molecule has 1 aromatic carbocycles. The second kappa shape index (κ2) is 7.30. The Morgan fingerprint density at radius 1 is 1.46 bits per heavy atom. The molecule has 2 fully saturated rings. The number of benzene rings is 1. The van der Waals surface area contributed by atoms with Crippen LogP contribution in [0, 0.1) is 5.41 Å². The van der Waals surface area contributed by atoms with Crippen LogP contribution >= 0.6 is 11.6 Å². The van der Waals surface area contributed by atoms with Crippen LogP contribution in [-0.2, 0) is 9.47 Å². The van der Waals surface area contributed by atoms with Gasteiger partial charge in [-0.3, -0.25) is 4.79 Å². The Kier molecular flexibility index (Phi) is 5.33. The van der Waals surface area contributed by atoms with Crippen LogP contribution in [0.1, 0.15) is 29.6 Å². The molecule has 0 unspecified atom stereocenters. The van der Waals surface area contributed by atoms with Crippen LogP contribution in [0.2, 0.25) is 5.02 Å². The average molecular weight is 354 g/mol. The molecule has 2 heterocycles. The molecule has 1 aromatic rings. The van der Waals surface area contributed by atoms with E-state index in [0.29, 0.717) is 36.0 Å². The van der Waals surface area contributed by atoms with E-state index in [1.54, 1.807) is 32.4 Å². The monoisotopic (exact) mass is 353 g/mol. The van der Waals surface area contributed by atoms with Gasteiger partial charge in [0, 0.05) is 37.8 Å². The first kappa shape index (κ1) is 17.5. The molecule has 0 bridgehead atoms. The molecule has 0 radical (unpaired) electrons. The Hall–Kier alpha value is -1.30. The van der Waals surface area contributed by atoms with Crippen molar-refractivity contribution in [2.75, 3.05) is 40.5 Å². The highest BCUT2D eigenvalue weighted by Gasteiger charge is 2.47. The van der Waals surface area contributed by atoms with Crippen molar-refractivity contribution >= 4 is 17.5 Å². The zero-order chi connectivity index (χ0) is 17.2. The van der Waals surface area contributed by atoms with E-state index in [1.807, 2.05) is 4.90 Å². The van der Waals surface area contributed by atoms with Crippen molar-refractivity contribution < 1.29 is 19.0 Å². The van der Waals surface area contributed by atoms with E-state index in [1.165, 1.54) is 0 Å². The Balaban J connectivity index is 1.79. The van der Waals surface area contributed by atoms with Crippen molar-refractivity contribution in [2.24, 2.45) is 5.41 Å². The van der Waals surface area contributed by atoms with Crippen LogP contribution < -0.4 is 4.74 Å². The molecule has 0 spiro atoms. The minimum atomic E-state index is -0.100. The smallest absolute Gasteiger partial charge is 0.253 e. The van der Waals surface area contributed by atoms with Crippen molar-refractivity contribution in [3.63, 3.8) is 0 Å². The number of hydrogen-bond donors (Lipinski definition) is 0. The average Bonchev–Trinajstić information content (AvgIpc) is 2.60. The molecule has 132 valence electrons. The van der Waals surface area contributed by atoms with E-state index in [4.69, 9.17) is 25.8 Å². The summed E-state index contributed by atoms with van der Waals surface area (Å²) in [5.41, 5.74) is 0.487. The van der Waals surface area contributed by atoms with Gasteiger partial charge in [0.05, 0.1) is 24.8 Å². The molecule has 0 saturated carbocycles. The molecule has 24 heavy (non-hydrogen) atoms. The lowest BCUT2D eigenvalue weighted by atomic mass is 9.73. The topological polar surface area (TPSA) is 48.0 Å². The molecule has 2 atom stereocenters. The summed E-state index contributed by atoms with van der Waals surface area (Å²) in [5, 5.41) is 0.450. The summed E-state index contributed by atoms with van der Waals surface area (Å²) < 4.78 is 16.6. The maximum absolute atomic E-state index is 12.9. The van der Waals surface area contributed by atoms with Gasteiger partial charge in [0.25, 0.3) is 5.91 Å². The molecule has 6 heteroatoms. The molecule has 0 N–H and O–H groups in total. The highest BCUT2D eigenvalue weighted by Crippen LogP contribution is 2.40. The van der Waals surface area contributed by atoms with E-state index >= 15 is 0 Å². The summed E-state index contributed by atoms with van der Waals surface area (Å²) in [6.45, 7) is 2.77. The fraction of sp³-hybridized carbons (Fsp3) is 0.611. The number of carbonyl (C=O) groups excluding carboxylic acids is 1. The maximum Gasteiger partial charge on any atom is 0.253 e. The van der Waals surface area contributed by atoms with Gasteiger partial charge in [-0.25, -0.2) is 0 Å². The fourth-order valence-corrected chi connectivity index (χ4v) is 4.20. The van der Waals surface area contributed by atoms with Gasteiger partial charge in [0.1, 0.15) is 5.75 Å². The minimum absolute atomic E-state index is 0.000875. The molecule has 1 amide bonds. The van der Waals surface area contributed by atoms with E-state index < -0.39 is 0 Å². The highest BCUT2D eigenvalue weighted by atomic mass is 35.5. The first-order valence-corrected chi connectivity index (χ1v) is 8.71. The molecule has 0 aromatic heterocycles. The van der Waals surface area contributed by atoms with Gasteiger partial charge in [-0.15, -0.1) is 0 Å². The summed E-state index contributed by atoms with van der Waals surface area (Å²) in [6, 6.07) is 5.17. The first-order chi connectivity index (χ1) is 11.6. The van der Waals surface area contributed by atoms with Gasteiger partial charge < -0.3 is 19.1 Å². The van der Waals surface area contributed by atoms with Gasteiger partial charge in [0.15, 0.2) is 0 Å². The van der Waals surface area contributed by atoms with Crippen molar-refractivity contribution in [1.29, 1.82) is 0 Å². The number of hydrogen-bond acceptors (Lipinski definition) is 4. The van der Waals surface area contributed by atoms with Gasteiger partial charge in [-0.05, 0) is 37.5 Å². The zero-order valence-electron chi connectivity index (χ0n) is 14.2. The second-order valence-electron chi connectivity index (χ2n) is 6.62. The Labute approximate surface area is 147 Å². The van der Waals surface area contributed by atoms with Crippen molar-refractivity contribution in [3.8, 4) is 5.75 Å². The lowest BCUT2D eigenvalue weighted by molar-refractivity contribution is -0.142. The third kappa shape index (κ3) is 3.25. The number of methoxy groups -OCH3 is 2. The third-order valence-corrected chi connectivity index (χ3v) is 5.40. The van der Waals surface area contributed by atoms with Gasteiger partial charge >= 0.3 is 0 Å². The number of ether oxygens (including phenoxy) is 3. The molecule has 2 aliphatic heterocycles. The van der Waals surface area contributed by atoms with Crippen LogP contribution in [0.15, 0.2) is 18.2 Å². The first-order valence-electron chi connectivity index (χ1n) is 8.33. The SMILES string of the molecule is COC[C@@]12CCCO[C@H]1CCN(C(=O)c1ccc(OC)c(Cl)c1)C2. The molecular formula is C18H24ClNO4. The number of likely N-dealkylation sites (tertiary alicyclic amines) is 1. The largest absolute Gasteiger partial charge is 0.495 e. The summed E-state index contributed by atoms with van der Waals surface area (Å²) in [5.74, 6) is 0.572. The van der Waals surface area contributed by atoms with Crippen LogP contribution in [0.3, 0.4) is 0 Å². The summed E-state index contributed by atoms with van der Waals surface area (Å²) in [7, 11) is 3.27. The lowest BCUT2D eigenvalue weighted by Gasteiger charge is -2.50. The Bertz CT molecular complexity index is 605. The van der Waals surface area contributed by atoms with Crippen molar-refractivity contribution in [1.82, 2.24) is 4.90 Å². The predicted molar refractivity (Wildman–Crippen MR) is 91.8 cm³/mol. The number of carbonyl (C=O) groups is 1. The Morgan fingerprint density at radius 2 is 2.29 bits per heavy atom. The number of nitrogens with zero attached hydrogens (tertiary/aromatic N) is 1. The third-order valence-electron chi connectivity index (χ3n) is 5.11. The van der Waals surface area contributed by atoms with E-state index in [9.17, 15) is 4.79 Å². The maximum atomic E-state index is 12.9. The van der Waals surface area contributed by atoms with Gasteiger partial charge in [0.2, 0.25) is 0 Å². The van der Waals surface area contributed by atoms with E-state index in [0.717, 1.165) is 25.9 Å². The van der Waals surface area contributed by atoms with Gasteiger partial charge in [-0.1, -0.05) is 11.6 Å². The van der Waals surface area contributed by atoms with Gasteiger partial charge in [-0.2, -0.15) is 0 Å². The summed E-state index contributed by atoms with van der Waals surface area (Å²) in [4.78, 5) is 14.8. The number of rotatable bonds is 4. The molecule has 5 nitrogen and oxygen atoms in total. The lowest BCUT2D eigenvalue weighted by Crippen LogP contribution is -2.58. The summed E-state index contributed by atoms with van der Waals surface area (Å²) in [6.07, 6.45) is 3.06. The minimum Gasteiger partial charge on any atom is -0.495 e. The predicted octanol–water partition coefficient (Wildman–Crippen LogP) is 3.01.